The highest BCUT2D eigenvalue weighted by molar-refractivity contribution is 9.11. The normalized spacial score (nSPS) is 10.5. The minimum absolute atomic E-state index is 0.133. The van der Waals surface area contributed by atoms with E-state index in [4.69, 9.17) is 4.74 Å². The molecule has 25 heavy (non-hydrogen) atoms. The van der Waals surface area contributed by atoms with Gasteiger partial charge in [-0.3, -0.25) is 10.1 Å². The topological polar surface area (TPSA) is 51.2 Å². The Hall–Kier alpha value is -1.77. The SMILES string of the molecule is O=C(COc1ccc(Br)cc1Br)Nc1nc(-c2ccc(F)cc2)cs1. The molecule has 0 aliphatic heterocycles. The van der Waals surface area contributed by atoms with Crippen LogP contribution in [0.2, 0.25) is 0 Å². The van der Waals surface area contributed by atoms with Crippen LogP contribution in [0.15, 0.2) is 56.8 Å². The van der Waals surface area contributed by atoms with Gasteiger partial charge in [0.2, 0.25) is 0 Å². The van der Waals surface area contributed by atoms with E-state index in [1.54, 1.807) is 23.6 Å². The highest BCUT2D eigenvalue weighted by Gasteiger charge is 2.10. The average Bonchev–Trinajstić information content (AvgIpc) is 3.03. The highest BCUT2D eigenvalue weighted by Crippen LogP contribution is 2.28. The minimum atomic E-state index is -0.310. The molecular formula is C17H11Br2FN2O2S. The van der Waals surface area contributed by atoms with Gasteiger partial charge in [0.05, 0.1) is 10.2 Å². The van der Waals surface area contributed by atoms with Crippen molar-refractivity contribution in [1.29, 1.82) is 0 Å². The Balaban J connectivity index is 1.59. The number of carbonyl (C=O) groups is 1. The molecule has 0 spiro atoms. The lowest BCUT2D eigenvalue weighted by Crippen LogP contribution is -2.20. The van der Waals surface area contributed by atoms with Gasteiger partial charge in [-0.25, -0.2) is 9.37 Å². The molecule has 0 atom stereocenters. The predicted octanol–water partition coefficient (Wildman–Crippen LogP) is 5.49. The second kappa shape index (κ2) is 8.07. The molecule has 3 aromatic rings. The summed E-state index contributed by atoms with van der Waals surface area (Å²) in [6.07, 6.45) is 0. The minimum Gasteiger partial charge on any atom is -0.483 e. The van der Waals surface area contributed by atoms with Crippen LogP contribution in [0, 0.1) is 5.82 Å². The number of aromatic nitrogens is 1. The Morgan fingerprint density at radius 2 is 1.96 bits per heavy atom. The van der Waals surface area contributed by atoms with Gasteiger partial charge in [0.15, 0.2) is 11.7 Å². The third-order valence-electron chi connectivity index (χ3n) is 3.14. The summed E-state index contributed by atoms with van der Waals surface area (Å²) in [6, 6.07) is 11.5. The van der Waals surface area contributed by atoms with Crippen molar-refractivity contribution in [3.8, 4) is 17.0 Å². The molecule has 0 saturated heterocycles. The van der Waals surface area contributed by atoms with E-state index in [1.807, 2.05) is 12.1 Å². The number of thiazole rings is 1. The van der Waals surface area contributed by atoms with Crippen LogP contribution >= 0.6 is 43.2 Å². The molecule has 0 bridgehead atoms. The zero-order chi connectivity index (χ0) is 17.8. The Morgan fingerprint density at radius 1 is 1.20 bits per heavy atom. The molecular weight excluding hydrogens is 475 g/mol. The van der Waals surface area contributed by atoms with Crippen molar-refractivity contribution < 1.29 is 13.9 Å². The van der Waals surface area contributed by atoms with Crippen LogP contribution in [0.1, 0.15) is 0 Å². The number of benzene rings is 2. The molecule has 1 heterocycles. The van der Waals surface area contributed by atoms with Crippen molar-refractivity contribution in [2.75, 3.05) is 11.9 Å². The zero-order valence-electron chi connectivity index (χ0n) is 12.6. The number of amides is 1. The summed E-state index contributed by atoms with van der Waals surface area (Å²) in [5.74, 6) is -0.0388. The summed E-state index contributed by atoms with van der Waals surface area (Å²) in [5.41, 5.74) is 1.46. The number of nitrogens with one attached hydrogen (secondary N) is 1. The number of hydrogen-bond acceptors (Lipinski definition) is 4. The first-order valence-electron chi connectivity index (χ1n) is 7.10. The maximum atomic E-state index is 13.0. The van der Waals surface area contributed by atoms with Gasteiger partial charge >= 0.3 is 0 Å². The molecule has 4 nitrogen and oxygen atoms in total. The van der Waals surface area contributed by atoms with Gasteiger partial charge in [-0.15, -0.1) is 11.3 Å². The number of ether oxygens (including phenoxy) is 1. The van der Waals surface area contributed by atoms with Gasteiger partial charge in [0.1, 0.15) is 11.6 Å². The number of carbonyl (C=O) groups excluding carboxylic acids is 1. The van der Waals surface area contributed by atoms with Gasteiger partial charge in [-0.1, -0.05) is 15.9 Å². The van der Waals surface area contributed by atoms with Crippen molar-refractivity contribution in [2.24, 2.45) is 0 Å². The Bertz CT molecular complexity index is 900. The molecule has 1 aromatic heterocycles. The smallest absolute Gasteiger partial charge is 0.264 e. The number of nitrogens with zero attached hydrogens (tertiary/aromatic N) is 1. The van der Waals surface area contributed by atoms with E-state index in [0.717, 1.165) is 14.5 Å². The fourth-order valence-electron chi connectivity index (χ4n) is 1.98. The Kier molecular flexibility index (Phi) is 5.82. The molecule has 0 radical (unpaired) electrons. The van der Waals surface area contributed by atoms with Crippen molar-refractivity contribution in [3.05, 3.63) is 62.6 Å². The van der Waals surface area contributed by atoms with Crippen LogP contribution in [0.5, 0.6) is 5.75 Å². The summed E-state index contributed by atoms with van der Waals surface area (Å²) < 4.78 is 20.1. The van der Waals surface area contributed by atoms with Gasteiger partial charge in [0.25, 0.3) is 5.91 Å². The molecule has 0 aliphatic carbocycles. The molecule has 0 aliphatic rings. The van der Waals surface area contributed by atoms with Crippen molar-refractivity contribution in [3.63, 3.8) is 0 Å². The van der Waals surface area contributed by atoms with E-state index in [2.05, 4.69) is 42.2 Å². The molecule has 0 saturated carbocycles. The van der Waals surface area contributed by atoms with E-state index in [1.165, 1.54) is 23.5 Å². The van der Waals surface area contributed by atoms with E-state index >= 15 is 0 Å². The number of anilines is 1. The largest absolute Gasteiger partial charge is 0.483 e. The standard InChI is InChI=1S/C17H11Br2FN2O2S/c18-11-3-6-15(13(19)7-11)24-8-16(23)22-17-21-14(9-25-17)10-1-4-12(20)5-2-10/h1-7,9H,8H2,(H,21,22,23). The first-order chi connectivity index (χ1) is 12.0. The maximum Gasteiger partial charge on any atom is 0.264 e. The Morgan fingerprint density at radius 3 is 2.68 bits per heavy atom. The van der Waals surface area contributed by atoms with Crippen LogP contribution in [-0.2, 0) is 4.79 Å². The zero-order valence-corrected chi connectivity index (χ0v) is 16.6. The summed E-state index contributed by atoms with van der Waals surface area (Å²) in [6.45, 7) is -0.133. The second-order valence-electron chi connectivity index (χ2n) is 4.96. The molecule has 0 unspecified atom stereocenters. The van der Waals surface area contributed by atoms with Crippen LogP contribution in [0.4, 0.5) is 9.52 Å². The van der Waals surface area contributed by atoms with E-state index in [-0.39, 0.29) is 18.3 Å². The first-order valence-corrected chi connectivity index (χ1v) is 9.57. The lowest BCUT2D eigenvalue weighted by atomic mass is 10.2. The highest BCUT2D eigenvalue weighted by atomic mass is 79.9. The number of hydrogen-bond donors (Lipinski definition) is 1. The third-order valence-corrected chi connectivity index (χ3v) is 5.01. The molecule has 1 N–H and O–H groups in total. The van der Waals surface area contributed by atoms with Crippen molar-refractivity contribution in [1.82, 2.24) is 4.98 Å². The third kappa shape index (κ3) is 4.87. The monoisotopic (exact) mass is 484 g/mol. The van der Waals surface area contributed by atoms with Crippen molar-refractivity contribution in [2.45, 2.75) is 0 Å². The Labute approximate surface area is 164 Å². The number of rotatable bonds is 5. The summed E-state index contributed by atoms with van der Waals surface area (Å²) in [7, 11) is 0. The van der Waals surface area contributed by atoms with E-state index < -0.39 is 0 Å². The molecule has 1 amide bonds. The van der Waals surface area contributed by atoms with Gasteiger partial charge in [0, 0.05) is 15.4 Å². The van der Waals surface area contributed by atoms with Crippen LogP contribution in [-0.4, -0.2) is 17.5 Å². The number of halogens is 3. The van der Waals surface area contributed by atoms with Gasteiger partial charge in [-0.2, -0.15) is 0 Å². The van der Waals surface area contributed by atoms with E-state index in [0.29, 0.717) is 16.6 Å². The van der Waals surface area contributed by atoms with Gasteiger partial charge < -0.3 is 4.74 Å². The fraction of sp³-hybridized carbons (Fsp3) is 0.0588. The summed E-state index contributed by atoms with van der Waals surface area (Å²) >= 11 is 8.02. The predicted molar refractivity (Wildman–Crippen MR) is 103 cm³/mol. The molecule has 0 fully saturated rings. The fourth-order valence-corrected chi connectivity index (χ4v) is 3.87. The van der Waals surface area contributed by atoms with Crippen LogP contribution in [0.25, 0.3) is 11.3 Å². The summed E-state index contributed by atoms with van der Waals surface area (Å²) in [5, 5.41) is 4.95. The molecule has 8 heteroatoms. The molecule has 2 aromatic carbocycles. The average molecular weight is 486 g/mol. The van der Waals surface area contributed by atoms with Gasteiger partial charge in [-0.05, 0) is 58.4 Å². The van der Waals surface area contributed by atoms with Crippen LogP contribution in [0.3, 0.4) is 0 Å². The molecule has 128 valence electrons. The second-order valence-corrected chi connectivity index (χ2v) is 7.58. The first kappa shape index (κ1) is 18.0. The maximum absolute atomic E-state index is 13.0. The molecule has 3 rings (SSSR count). The van der Waals surface area contributed by atoms with E-state index in [9.17, 15) is 9.18 Å². The quantitative estimate of drug-likeness (QED) is 0.519. The van der Waals surface area contributed by atoms with Crippen LogP contribution < -0.4 is 10.1 Å². The summed E-state index contributed by atoms with van der Waals surface area (Å²) in [4.78, 5) is 16.3. The van der Waals surface area contributed by atoms with Crippen molar-refractivity contribution >= 4 is 54.2 Å². The lowest BCUT2D eigenvalue weighted by Gasteiger charge is -2.08. The lowest BCUT2D eigenvalue weighted by molar-refractivity contribution is -0.118.